The van der Waals surface area contributed by atoms with Gasteiger partial charge in [-0.05, 0) is 24.3 Å². The Morgan fingerprint density at radius 2 is 1.93 bits per heavy atom. The van der Waals surface area contributed by atoms with E-state index in [0.717, 1.165) is 18.4 Å². The van der Waals surface area contributed by atoms with Crippen molar-refractivity contribution in [3.63, 3.8) is 0 Å². The summed E-state index contributed by atoms with van der Waals surface area (Å²) in [5, 5.41) is 5.66. The summed E-state index contributed by atoms with van der Waals surface area (Å²) in [6.45, 7) is 0. The van der Waals surface area contributed by atoms with Gasteiger partial charge < -0.3 is 4.98 Å². The molecule has 1 saturated carbocycles. The van der Waals surface area contributed by atoms with Gasteiger partial charge in [-0.2, -0.15) is 18.3 Å². The van der Waals surface area contributed by atoms with Crippen molar-refractivity contribution in [2.75, 3.05) is 0 Å². The minimum atomic E-state index is -4.62. The monoisotopic (exact) mass is 388 g/mol. The van der Waals surface area contributed by atoms with E-state index in [9.17, 15) is 13.2 Å². The van der Waals surface area contributed by atoms with Gasteiger partial charge in [0.15, 0.2) is 0 Å². The summed E-state index contributed by atoms with van der Waals surface area (Å²) in [7, 11) is 0. The molecule has 4 aromatic heterocycles. The number of hydrogen-bond donors (Lipinski definition) is 2. The fourth-order valence-corrected chi connectivity index (χ4v) is 3.71. The Kier molecular flexibility index (Phi) is 3.71. The van der Waals surface area contributed by atoms with Gasteiger partial charge in [0.1, 0.15) is 11.4 Å². The lowest BCUT2D eigenvalue weighted by molar-refractivity contribution is -0.144. The van der Waals surface area contributed by atoms with Crippen LogP contribution in [0.3, 0.4) is 0 Å². The Hall–Kier alpha value is -3.24. The number of halogens is 3. The molecule has 11 heteroatoms. The van der Waals surface area contributed by atoms with Gasteiger partial charge in [0.2, 0.25) is 17.4 Å². The molecule has 0 aliphatic heterocycles. The predicted octanol–water partition coefficient (Wildman–Crippen LogP) is 3.58. The van der Waals surface area contributed by atoms with Gasteiger partial charge in [-0.1, -0.05) is 12.8 Å². The number of imidazole rings is 2. The van der Waals surface area contributed by atoms with Crippen molar-refractivity contribution in [2.45, 2.75) is 37.8 Å². The zero-order chi connectivity index (χ0) is 19.3. The molecule has 4 aromatic rings. The number of H-pyrrole nitrogens is 2. The first-order valence-electron chi connectivity index (χ1n) is 8.87. The lowest BCUT2D eigenvalue weighted by Crippen LogP contribution is -2.07. The molecule has 2 N–H and O–H groups in total. The molecule has 0 bridgehead atoms. The first-order chi connectivity index (χ1) is 13.5. The van der Waals surface area contributed by atoms with Crippen molar-refractivity contribution in [1.29, 1.82) is 0 Å². The summed E-state index contributed by atoms with van der Waals surface area (Å²) in [6.07, 6.45) is 6.75. The molecule has 0 saturated heterocycles. The van der Waals surface area contributed by atoms with Crippen LogP contribution in [0.4, 0.5) is 13.2 Å². The Bertz CT molecular complexity index is 1120. The number of hydrogen-bond acceptors (Lipinski definition) is 5. The Balaban J connectivity index is 1.70. The lowest BCUT2D eigenvalue weighted by atomic mass is 10.0. The maximum Gasteiger partial charge on any atom is 0.451 e. The van der Waals surface area contributed by atoms with Crippen LogP contribution >= 0.6 is 0 Å². The molecule has 1 aliphatic carbocycles. The SMILES string of the molecule is FC(F)(F)c1nc(-c2nc3ncc(C4CCCC4)cn3c2-c2cnc[nH]2)n[nH]1. The van der Waals surface area contributed by atoms with Gasteiger partial charge in [0, 0.05) is 12.4 Å². The first kappa shape index (κ1) is 16.9. The summed E-state index contributed by atoms with van der Waals surface area (Å²) in [6, 6.07) is 0. The van der Waals surface area contributed by atoms with Crippen molar-refractivity contribution >= 4 is 5.78 Å². The van der Waals surface area contributed by atoms with Crippen LogP contribution in [0.15, 0.2) is 24.9 Å². The molecule has 5 rings (SSSR count). The first-order valence-corrected chi connectivity index (χ1v) is 8.87. The van der Waals surface area contributed by atoms with E-state index in [1.54, 1.807) is 16.8 Å². The molecule has 1 fully saturated rings. The number of aromatic nitrogens is 8. The summed E-state index contributed by atoms with van der Waals surface area (Å²) in [5.74, 6) is -0.531. The standard InChI is InChI=1S/C17H15F3N8/c18-17(19,20)15-25-14(26-27-15)12-13(11-6-21-8-23-11)28-7-10(5-22-16(28)24-12)9-3-1-2-4-9/h5-9H,1-4H2,(H,21,23)(H,25,26,27). The van der Waals surface area contributed by atoms with Crippen molar-refractivity contribution in [3.05, 3.63) is 36.3 Å². The van der Waals surface area contributed by atoms with Crippen LogP contribution in [0.5, 0.6) is 0 Å². The minimum Gasteiger partial charge on any atom is -0.343 e. The quantitative estimate of drug-likeness (QED) is 0.559. The highest BCUT2D eigenvalue weighted by Gasteiger charge is 2.36. The van der Waals surface area contributed by atoms with Gasteiger partial charge in [0.25, 0.3) is 0 Å². The van der Waals surface area contributed by atoms with E-state index >= 15 is 0 Å². The summed E-state index contributed by atoms with van der Waals surface area (Å²) < 4.78 is 40.6. The second kappa shape index (κ2) is 6.14. The maximum absolute atomic E-state index is 12.9. The van der Waals surface area contributed by atoms with Crippen LogP contribution in [0.2, 0.25) is 0 Å². The highest BCUT2D eigenvalue weighted by Crippen LogP contribution is 2.36. The van der Waals surface area contributed by atoms with Crippen molar-refractivity contribution in [3.8, 4) is 22.9 Å². The third kappa shape index (κ3) is 2.74. The highest BCUT2D eigenvalue weighted by atomic mass is 19.4. The minimum absolute atomic E-state index is 0.148. The van der Waals surface area contributed by atoms with Crippen molar-refractivity contribution in [2.24, 2.45) is 0 Å². The molecule has 0 atom stereocenters. The van der Waals surface area contributed by atoms with E-state index in [1.807, 2.05) is 11.3 Å². The van der Waals surface area contributed by atoms with Crippen LogP contribution in [-0.4, -0.2) is 39.5 Å². The van der Waals surface area contributed by atoms with E-state index in [0.29, 0.717) is 23.1 Å². The number of nitrogens with one attached hydrogen (secondary N) is 2. The molecule has 0 radical (unpaired) electrons. The van der Waals surface area contributed by atoms with Crippen LogP contribution in [0.25, 0.3) is 28.7 Å². The largest absolute Gasteiger partial charge is 0.451 e. The highest BCUT2D eigenvalue weighted by molar-refractivity contribution is 5.76. The molecule has 0 unspecified atom stereocenters. The lowest BCUT2D eigenvalue weighted by Gasteiger charge is -2.09. The second-order valence-electron chi connectivity index (χ2n) is 6.82. The molecule has 0 amide bonds. The Morgan fingerprint density at radius 3 is 2.61 bits per heavy atom. The average molecular weight is 388 g/mol. The van der Waals surface area contributed by atoms with Gasteiger partial charge in [-0.25, -0.2) is 19.9 Å². The van der Waals surface area contributed by atoms with Gasteiger partial charge in [0.05, 0.1) is 18.2 Å². The molecule has 144 valence electrons. The van der Waals surface area contributed by atoms with Gasteiger partial charge >= 0.3 is 6.18 Å². The third-order valence-electron chi connectivity index (χ3n) is 5.05. The number of fused-ring (bicyclic) bond motifs is 1. The maximum atomic E-state index is 12.9. The number of alkyl halides is 3. The predicted molar refractivity (Wildman–Crippen MR) is 92.2 cm³/mol. The topological polar surface area (TPSA) is 100 Å². The number of aromatic amines is 2. The molecule has 28 heavy (non-hydrogen) atoms. The summed E-state index contributed by atoms with van der Waals surface area (Å²) in [5.41, 5.74) is 2.39. The molecular formula is C17H15F3N8. The van der Waals surface area contributed by atoms with E-state index in [4.69, 9.17) is 0 Å². The van der Waals surface area contributed by atoms with Crippen LogP contribution in [-0.2, 0) is 6.18 Å². The van der Waals surface area contributed by atoms with E-state index in [-0.39, 0.29) is 11.5 Å². The van der Waals surface area contributed by atoms with Gasteiger partial charge in [-0.3, -0.25) is 9.50 Å². The molecular weight excluding hydrogens is 373 g/mol. The Morgan fingerprint density at radius 1 is 1.11 bits per heavy atom. The van der Waals surface area contributed by atoms with Crippen LogP contribution in [0.1, 0.15) is 43.0 Å². The van der Waals surface area contributed by atoms with E-state index in [2.05, 4.69) is 30.0 Å². The number of rotatable bonds is 3. The zero-order valence-corrected chi connectivity index (χ0v) is 14.5. The van der Waals surface area contributed by atoms with Crippen molar-refractivity contribution in [1.82, 2.24) is 39.5 Å². The third-order valence-corrected chi connectivity index (χ3v) is 5.05. The molecule has 1 aliphatic rings. The molecule has 4 heterocycles. The normalized spacial score (nSPS) is 15.7. The van der Waals surface area contributed by atoms with Crippen molar-refractivity contribution < 1.29 is 13.2 Å². The van der Waals surface area contributed by atoms with E-state index in [1.165, 1.54) is 19.2 Å². The van der Waals surface area contributed by atoms with Crippen LogP contribution < -0.4 is 0 Å². The average Bonchev–Trinajstić information content (AvgIpc) is 3.47. The van der Waals surface area contributed by atoms with E-state index < -0.39 is 12.0 Å². The molecule has 0 spiro atoms. The smallest absolute Gasteiger partial charge is 0.343 e. The summed E-state index contributed by atoms with van der Waals surface area (Å²) in [4.78, 5) is 19.4. The molecule has 8 nitrogen and oxygen atoms in total. The fraction of sp³-hybridized carbons (Fsp3) is 0.353. The fourth-order valence-electron chi connectivity index (χ4n) is 3.71. The van der Waals surface area contributed by atoms with Crippen LogP contribution in [0, 0.1) is 0 Å². The summed E-state index contributed by atoms with van der Waals surface area (Å²) >= 11 is 0. The Labute approximate surface area is 156 Å². The number of nitrogens with zero attached hydrogens (tertiary/aromatic N) is 6. The zero-order valence-electron chi connectivity index (χ0n) is 14.5. The molecule has 0 aromatic carbocycles. The second-order valence-corrected chi connectivity index (χ2v) is 6.82. The van der Waals surface area contributed by atoms with Gasteiger partial charge in [-0.15, -0.1) is 0 Å².